The maximum atomic E-state index is 6.49. The second kappa shape index (κ2) is 7.04. The molecule has 1 aromatic rings. The van der Waals surface area contributed by atoms with Crippen molar-refractivity contribution in [3.05, 3.63) is 11.7 Å². The molecule has 19 heavy (non-hydrogen) atoms. The zero-order valence-electron chi connectivity index (χ0n) is 12.2. The average molecular weight is 265 g/mol. The van der Waals surface area contributed by atoms with Gasteiger partial charge in [0.15, 0.2) is 5.82 Å². The van der Waals surface area contributed by atoms with Gasteiger partial charge in [-0.2, -0.15) is 4.98 Å². The second-order valence-electron chi connectivity index (χ2n) is 5.89. The largest absolute Gasteiger partial charge is 0.339 e. The van der Waals surface area contributed by atoms with Crippen LogP contribution in [0.15, 0.2) is 4.52 Å². The van der Waals surface area contributed by atoms with Gasteiger partial charge in [0, 0.05) is 6.42 Å². The lowest BCUT2D eigenvalue weighted by Gasteiger charge is -2.23. The molecule has 108 valence electrons. The van der Waals surface area contributed by atoms with Gasteiger partial charge in [0.25, 0.3) is 0 Å². The number of hydrogen-bond donors (Lipinski definition) is 1. The molecule has 1 saturated carbocycles. The summed E-state index contributed by atoms with van der Waals surface area (Å²) in [5.41, 5.74) is 6.14. The Labute approximate surface area is 116 Å². The molecule has 0 amide bonds. The van der Waals surface area contributed by atoms with Gasteiger partial charge < -0.3 is 10.3 Å². The number of hydrogen-bond acceptors (Lipinski definition) is 4. The molecule has 0 spiro atoms. The molecule has 1 aliphatic rings. The highest BCUT2D eigenvalue weighted by molar-refractivity contribution is 5.04. The van der Waals surface area contributed by atoms with E-state index in [2.05, 4.69) is 17.1 Å². The van der Waals surface area contributed by atoms with Crippen molar-refractivity contribution in [1.29, 1.82) is 0 Å². The van der Waals surface area contributed by atoms with Gasteiger partial charge in [-0.05, 0) is 19.3 Å². The maximum absolute atomic E-state index is 6.49. The van der Waals surface area contributed by atoms with Gasteiger partial charge in [-0.1, -0.05) is 57.0 Å². The number of rotatable bonds is 6. The standard InChI is InChI=1S/C15H27N3O/c1-2-3-4-7-10-13-17-14(18-19-13)15(16)11-8-5-6-9-12-15/h2-12,16H2,1H3. The lowest BCUT2D eigenvalue weighted by molar-refractivity contribution is 0.323. The number of nitrogens with zero attached hydrogens (tertiary/aromatic N) is 2. The van der Waals surface area contributed by atoms with E-state index in [9.17, 15) is 0 Å². The van der Waals surface area contributed by atoms with Crippen LogP contribution in [-0.4, -0.2) is 10.1 Å². The maximum Gasteiger partial charge on any atom is 0.226 e. The summed E-state index contributed by atoms with van der Waals surface area (Å²) in [5.74, 6) is 1.50. The van der Waals surface area contributed by atoms with Gasteiger partial charge in [0.1, 0.15) is 0 Å². The van der Waals surface area contributed by atoms with Gasteiger partial charge in [-0.15, -0.1) is 0 Å². The van der Waals surface area contributed by atoms with Crippen LogP contribution in [0.1, 0.15) is 82.8 Å². The lowest BCUT2D eigenvalue weighted by Crippen LogP contribution is -2.37. The molecular weight excluding hydrogens is 238 g/mol. The summed E-state index contributed by atoms with van der Waals surface area (Å²) < 4.78 is 5.36. The zero-order chi connectivity index (χ0) is 13.6. The van der Waals surface area contributed by atoms with Crippen LogP contribution in [0.4, 0.5) is 0 Å². The molecule has 0 radical (unpaired) electrons. The summed E-state index contributed by atoms with van der Waals surface area (Å²) in [5, 5.41) is 4.14. The van der Waals surface area contributed by atoms with Crippen LogP contribution >= 0.6 is 0 Å². The van der Waals surface area contributed by atoms with Crippen molar-refractivity contribution < 1.29 is 4.52 Å². The van der Waals surface area contributed by atoms with Gasteiger partial charge in [0.05, 0.1) is 5.54 Å². The average Bonchev–Trinajstić information content (AvgIpc) is 2.78. The fourth-order valence-corrected chi connectivity index (χ4v) is 2.84. The van der Waals surface area contributed by atoms with Crippen LogP contribution < -0.4 is 5.73 Å². The Morgan fingerprint density at radius 2 is 1.84 bits per heavy atom. The molecule has 0 aromatic carbocycles. The first-order chi connectivity index (χ1) is 9.24. The van der Waals surface area contributed by atoms with Crippen LogP contribution in [0.3, 0.4) is 0 Å². The van der Waals surface area contributed by atoms with Crippen LogP contribution in [0.25, 0.3) is 0 Å². The Morgan fingerprint density at radius 1 is 1.11 bits per heavy atom. The topological polar surface area (TPSA) is 64.9 Å². The molecule has 0 atom stereocenters. The van der Waals surface area contributed by atoms with Crippen molar-refractivity contribution in [3.8, 4) is 0 Å². The Balaban J connectivity index is 1.91. The molecule has 0 bridgehead atoms. The van der Waals surface area contributed by atoms with Crippen LogP contribution in [0, 0.1) is 0 Å². The molecule has 1 aromatic heterocycles. The van der Waals surface area contributed by atoms with E-state index in [1.807, 2.05) is 0 Å². The molecule has 2 rings (SSSR count). The lowest BCUT2D eigenvalue weighted by atomic mass is 9.91. The molecule has 4 nitrogen and oxygen atoms in total. The van der Waals surface area contributed by atoms with E-state index in [0.29, 0.717) is 0 Å². The summed E-state index contributed by atoms with van der Waals surface area (Å²) in [6.07, 6.45) is 12.7. The minimum absolute atomic E-state index is 0.346. The van der Waals surface area contributed by atoms with E-state index in [4.69, 9.17) is 10.3 Å². The number of unbranched alkanes of at least 4 members (excludes halogenated alkanes) is 3. The first-order valence-electron chi connectivity index (χ1n) is 7.86. The minimum Gasteiger partial charge on any atom is -0.339 e. The van der Waals surface area contributed by atoms with Crippen molar-refractivity contribution in [2.45, 2.75) is 83.1 Å². The van der Waals surface area contributed by atoms with Crippen LogP contribution in [-0.2, 0) is 12.0 Å². The Morgan fingerprint density at radius 3 is 2.53 bits per heavy atom. The fourth-order valence-electron chi connectivity index (χ4n) is 2.84. The Kier molecular flexibility index (Phi) is 5.37. The molecule has 1 aliphatic carbocycles. The van der Waals surface area contributed by atoms with Crippen molar-refractivity contribution in [2.24, 2.45) is 5.73 Å². The highest BCUT2D eigenvalue weighted by atomic mass is 16.5. The minimum atomic E-state index is -0.346. The smallest absolute Gasteiger partial charge is 0.226 e. The summed E-state index contributed by atoms with van der Waals surface area (Å²) >= 11 is 0. The molecular formula is C15H27N3O. The van der Waals surface area contributed by atoms with E-state index in [-0.39, 0.29) is 5.54 Å². The fraction of sp³-hybridized carbons (Fsp3) is 0.867. The number of aryl methyl sites for hydroxylation is 1. The molecule has 4 heteroatoms. The predicted molar refractivity (Wildman–Crippen MR) is 75.7 cm³/mol. The van der Waals surface area contributed by atoms with Gasteiger partial charge in [-0.25, -0.2) is 0 Å². The predicted octanol–water partition coefficient (Wildman–Crippen LogP) is 3.70. The SMILES string of the molecule is CCCCCCc1nc(C2(N)CCCCCC2)no1. The van der Waals surface area contributed by atoms with Gasteiger partial charge in [-0.3, -0.25) is 0 Å². The summed E-state index contributed by atoms with van der Waals surface area (Å²) in [4.78, 5) is 4.54. The van der Waals surface area contributed by atoms with Crippen LogP contribution in [0.5, 0.6) is 0 Å². The Hall–Kier alpha value is -0.900. The third-order valence-corrected chi connectivity index (χ3v) is 4.15. The summed E-state index contributed by atoms with van der Waals surface area (Å²) in [6, 6.07) is 0. The molecule has 1 heterocycles. The highest BCUT2D eigenvalue weighted by Gasteiger charge is 2.33. The van der Waals surface area contributed by atoms with E-state index >= 15 is 0 Å². The van der Waals surface area contributed by atoms with Gasteiger partial charge >= 0.3 is 0 Å². The second-order valence-corrected chi connectivity index (χ2v) is 5.89. The molecule has 0 unspecified atom stereocenters. The first kappa shape index (κ1) is 14.5. The van der Waals surface area contributed by atoms with Gasteiger partial charge in [0.2, 0.25) is 5.89 Å². The quantitative estimate of drug-likeness (QED) is 0.629. The van der Waals surface area contributed by atoms with Crippen molar-refractivity contribution in [3.63, 3.8) is 0 Å². The van der Waals surface area contributed by atoms with Crippen molar-refractivity contribution >= 4 is 0 Å². The zero-order valence-corrected chi connectivity index (χ0v) is 12.2. The van der Waals surface area contributed by atoms with Crippen LogP contribution in [0.2, 0.25) is 0 Å². The summed E-state index contributed by atoms with van der Waals surface area (Å²) in [6.45, 7) is 2.22. The third kappa shape index (κ3) is 4.03. The monoisotopic (exact) mass is 265 g/mol. The van der Waals surface area contributed by atoms with Crippen molar-refractivity contribution in [1.82, 2.24) is 10.1 Å². The molecule has 0 aliphatic heterocycles. The molecule has 1 fully saturated rings. The molecule has 0 saturated heterocycles. The van der Waals surface area contributed by atoms with Crippen molar-refractivity contribution in [2.75, 3.05) is 0 Å². The number of nitrogens with two attached hydrogens (primary N) is 1. The summed E-state index contributed by atoms with van der Waals surface area (Å²) in [7, 11) is 0. The van der Waals surface area contributed by atoms with E-state index in [1.165, 1.54) is 44.9 Å². The Bertz CT molecular complexity index is 367. The van der Waals surface area contributed by atoms with E-state index in [1.54, 1.807) is 0 Å². The third-order valence-electron chi connectivity index (χ3n) is 4.15. The normalized spacial score (nSPS) is 19.3. The molecule has 2 N–H and O–H groups in total. The van der Waals surface area contributed by atoms with E-state index in [0.717, 1.165) is 37.4 Å². The number of aromatic nitrogens is 2. The first-order valence-corrected chi connectivity index (χ1v) is 7.86. The highest BCUT2D eigenvalue weighted by Crippen LogP contribution is 2.32. The van der Waals surface area contributed by atoms with E-state index < -0.39 is 0 Å².